The zero-order valence-electron chi connectivity index (χ0n) is 16.7. The summed E-state index contributed by atoms with van der Waals surface area (Å²) in [6.07, 6.45) is 2.79. The molecule has 0 unspecified atom stereocenters. The van der Waals surface area contributed by atoms with Crippen molar-refractivity contribution in [3.63, 3.8) is 0 Å². The van der Waals surface area contributed by atoms with Crippen LogP contribution in [0.4, 0.5) is 4.79 Å². The number of aromatic nitrogens is 2. The number of carbonyl (C=O) groups excluding carboxylic acids is 2. The Morgan fingerprint density at radius 1 is 1.13 bits per heavy atom. The second-order valence-corrected chi connectivity index (χ2v) is 7.37. The largest absolute Gasteiger partial charge is 0.352 e. The highest BCUT2D eigenvalue weighted by molar-refractivity contribution is 6.30. The first-order valence-corrected chi connectivity index (χ1v) is 9.99. The van der Waals surface area contributed by atoms with Gasteiger partial charge in [-0.2, -0.15) is 5.10 Å². The molecule has 3 N–H and O–H groups in total. The van der Waals surface area contributed by atoms with Gasteiger partial charge in [-0.15, -0.1) is 0 Å². The van der Waals surface area contributed by atoms with Crippen molar-refractivity contribution >= 4 is 23.5 Å². The van der Waals surface area contributed by atoms with E-state index in [1.807, 2.05) is 65.5 Å². The number of urea groups is 1. The molecule has 3 amide bonds. The number of carbonyl (C=O) groups is 2. The summed E-state index contributed by atoms with van der Waals surface area (Å²) in [6.45, 7) is 0.782. The van der Waals surface area contributed by atoms with Crippen molar-refractivity contribution in [2.45, 2.75) is 19.4 Å². The normalized spacial score (nSPS) is 10.6. The summed E-state index contributed by atoms with van der Waals surface area (Å²) in [5, 5.41) is 7.90. The predicted molar refractivity (Wildman–Crippen MR) is 117 cm³/mol. The first-order chi connectivity index (χ1) is 14.4. The molecular weight excluding hydrogens is 402 g/mol. The van der Waals surface area contributed by atoms with Crippen molar-refractivity contribution in [1.82, 2.24) is 20.0 Å². The summed E-state index contributed by atoms with van der Waals surface area (Å²) in [6, 6.07) is 16.7. The molecule has 0 bridgehead atoms. The number of amides is 3. The van der Waals surface area contributed by atoms with E-state index in [-0.39, 0.29) is 5.91 Å². The first kappa shape index (κ1) is 21.4. The van der Waals surface area contributed by atoms with E-state index in [2.05, 4.69) is 5.32 Å². The van der Waals surface area contributed by atoms with Crippen molar-refractivity contribution in [2.24, 2.45) is 5.73 Å². The minimum absolute atomic E-state index is 0.0178. The van der Waals surface area contributed by atoms with Gasteiger partial charge in [0.2, 0.25) is 5.91 Å². The van der Waals surface area contributed by atoms with Crippen molar-refractivity contribution in [1.29, 1.82) is 0 Å². The van der Waals surface area contributed by atoms with Crippen LogP contribution in [0.25, 0.3) is 16.9 Å². The second kappa shape index (κ2) is 9.93. The second-order valence-electron chi connectivity index (χ2n) is 6.93. The Labute approximate surface area is 180 Å². The molecule has 0 radical (unpaired) electrons. The van der Waals surface area contributed by atoms with Gasteiger partial charge in [0.05, 0.1) is 11.4 Å². The standard InChI is InChI=1S/C22H24ClN5O2/c1-27(20(29)8-5-13-25-22(24)30)14-17-15-28(19-6-3-2-4-7-19)26-21(17)16-9-11-18(23)12-10-16/h2-4,6-7,9-12,15H,5,8,13-14H2,1H3,(H3,24,25,30). The third kappa shape index (κ3) is 5.61. The number of para-hydroxylation sites is 1. The van der Waals surface area contributed by atoms with Crippen LogP contribution in [0, 0.1) is 0 Å². The lowest BCUT2D eigenvalue weighted by atomic mass is 10.1. The van der Waals surface area contributed by atoms with Crippen LogP contribution >= 0.6 is 11.6 Å². The maximum absolute atomic E-state index is 12.5. The van der Waals surface area contributed by atoms with Crippen molar-refractivity contribution in [3.8, 4) is 16.9 Å². The van der Waals surface area contributed by atoms with E-state index in [1.165, 1.54) is 0 Å². The Morgan fingerprint density at radius 3 is 2.50 bits per heavy atom. The van der Waals surface area contributed by atoms with E-state index in [4.69, 9.17) is 22.4 Å². The number of nitrogens with two attached hydrogens (primary N) is 1. The Kier molecular flexibility index (Phi) is 7.08. The number of nitrogens with zero attached hydrogens (tertiary/aromatic N) is 3. The summed E-state index contributed by atoms with van der Waals surface area (Å²) < 4.78 is 1.81. The van der Waals surface area contributed by atoms with Gasteiger partial charge in [0.25, 0.3) is 0 Å². The number of halogens is 1. The Balaban J connectivity index is 1.80. The molecule has 1 aromatic heterocycles. The van der Waals surface area contributed by atoms with Crippen LogP contribution in [0.3, 0.4) is 0 Å². The van der Waals surface area contributed by atoms with Gasteiger partial charge in [0, 0.05) is 48.9 Å². The van der Waals surface area contributed by atoms with Gasteiger partial charge in [-0.1, -0.05) is 41.9 Å². The quantitative estimate of drug-likeness (QED) is 0.540. The molecule has 3 rings (SSSR count). The van der Waals surface area contributed by atoms with E-state index >= 15 is 0 Å². The van der Waals surface area contributed by atoms with Crippen LogP contribution in [-0.2, 0) is 11.3 Å². The highest BCUT2D eigenvalue weighted by Gasteiger charge is 2.17. The fourth-order valence-electron chi connectivity index (χ4n) is 3.07. The van der Waals surface area contributed by atoms with Gasteiger partial charge < -0.3 is 16.0 Å². The molecule has 0 fully saturated rings. The van der Waals surface area contributed by atoms with Gasteiger partial charge in [-0.25, -0.2) is 9.48 Å². The molecule has 0 aliphatic rings. The molecule has 0 saturated heterocycles. The molecular formula is C22H24ClN5O2. The van der Waals surface area contributed by atoms with Crippen molar-refractivity contribution < 1.29 is 9.59 Å². The number of primary amides is 1. The SMILES string of the molecule is CN(Cc1cn(-c2ccccc2)nc1-c1ccc(Cl)cc1)C(=O)CCCNC(N)=O. The van der Waals surface area contributed by atoms with E-state index in [1.54, 1.807) is 11.9 Å². The third-order valence-electron chi connectivity index (χ3n) is 4.63. The van der Waals surface area contributed by atoms with E-state index < -0.39 is 6.03 Å². The number of hydrogen-bond donors (Lipinski definition) is 2. The highest BCUT2D eigenvalue weighted by atomic mass is 35.5. The van der Waals surface area contributed by atoms with Crippen LogP contribution in [0.5, 0.6) is 0 Å². The van der Waals surface area contributed by atoms with E-state index in [0.29, 0.717) is 31.0 Å². The average molecular weight is 426 g/mol. The average Bonchev–Trinajstić information content (AvgIpc) is 3.15. The summed E-state index contributed by atoms with van der Waals surface area (Å²) in [5.74, 6) is -0.0178. The number of nitrogens with one attached hydrogen (secondary N) is 1. The van der Waals surface area contributed by atoms with E-state index in [0.717, 1.165) is 22.5 Å². The van der Waals surface area contributed by atoms with E-state index in [9.17, 15) is 9.59 Å². The maximum Gasteiger partial charge on any atom is 0.312 e. The fraction of sp³-hybridized carbons (Fsp3) is 0.227. The zero-order chi connectivity index (χ0) is 21.5. The van der Waals surface area contributed by atoms with Gasteiger partial charge in [0.15, 0.2) is 0 Å². The molecule has 1 heterocycles. The van der Waals surface area contributed by atoms with Gasteiger partial charge >= 0.3 is 6.03 Å². The minimum atomic E-state index is -0.586. The Hall–Kier alpha value is -3.32. The molecule has 0 aliphatic carbocycles. The van der Waals surface area contributed by atoms with Gasteiger partial charge in [0.1, 0.15) is 0 Å². The summed E-state index contributed by atoms with van der Waals surface area (Å²) >= 11 is 6.03. The minimum Gasteiger partial charge on any atom is -0.352 e. The zero-order valence-corrected chi connectivity index (χ0v) is 17.5. The van der Waals surface area contributed by atoms with Crippen LogP contribution in [-0.4, -0.2) is 40.2 Å². The van der Waals surface area contributed by atoms with Crippen LogP contribution < -0.4 is 11.1 Å². The summed E-state index contributed by atoms with van der Waals surface area (Å²) in [5.41, 5.74) is 8.62. The Bertz CT molecular complexity index is 1000. The number of rotatable bonds is 8. The predicted octanol–water partition coefficient (Wildman–Crippen LogP) is 3.60. The lowest BCUT2D eigenvalue weighted by Crippen LogP contribution is -2.31. The topological polar surface area (TPSA) is 93.2 Å². The molecule has 156 valence electrons. The molecule has 7 nitrogen and oxygen atoms in total. The lowest BCUT2D eigenvalue weighted by molar-refractivity contribution is -0.130. The fourth-order valence-corrected chi connectivity index (χ4v) is 3.20. The molecule has 0 saturated carbocycles. The summed E-state index contributed by atoms with van der Waals surface area (Å²) in [7, 11) is 1.76. The van der Waals surface area contributed by atoms with Crippen LogP contribution in [0.1, 0.15) is 18.4 Å². The monoisotopic (exact) mass is 425 g/mol. The molecule has 30 heavy (non-hydrogen) atoms. The maximum atomic E-state index is 12.5. The lowest BCUT2D eigenvalue weighted by Gasteiger charge is -2.17. The van der Waals surface area contributed by atoms with Crippen molar-refractivity contribution in [2.75, 3.05) is 13.6 Å². The first-order valence-electron chi connectivity index (χ1n) is 9.61. The summed E-state index contributed by atoms with van der Waals surface area (Å²) in [4.78, 5) is 24.9. The van der Waals surface area contributed by atoms with Gasteiger partial charge in [-0.05, 0) is 30.7 Å². The number of benzene rings is 2. The molecule has 0 atom stereocenters. The Morgan fingerprint density at radius 2 is 1.83 bits per heavy atom. The van der Waals surface area contributed by atoms with Crippen LogP contribution in [0.2, 0.25) is 5.02 Å². The number of hydrogen-bond acceptors (Lipinski definition) is 3. The molecule has 2 aromatic carbocycles. The van der Waals surface area contributed by atoms with Crippen molar-refractivity contribution in [3.05, 3.63) is 71.4 Å². The molecule has 8 heteroatoms. The third-order valence-corrected chi connectivity index (χ3v) is 4.88. The molecule has 0 aliphatic heterocycles. The highest BCUT2D eigenvalue weighted by Crippen LogP contribution is 2.26. The molecule has 0 spiro atoms. The smallest absolute Gasteiger partial charge is 0.312 e. The van der Waals surface area contributed by atoms with Crippen LogP contribution in [0.15, 0.2) is 60.8 Å². The molecule has 3 aromatic rings. The van der Waals surface area contributed by atoms with Gasteiger partial charge in [-0.3, -0.25) is 4.79 Å².